The highest BCUT2D eigenvalue weighted by Crippen LogP contribution is 2.40. The van der Waals surface area contributed by atoms with Gasteiger partial charge in [-0.25, -0.2) is 0 Å². The standard InChI is InChI=1S/C13H20O5S2/c1-8(15)17-11(9-7-16-13(2,3)18-9)12-10(6-14)19-4-5-20-12/h9,11,14H,4-7H2,1-3H3/t9-,11-/m0/s1. The van der Waals surface area contributed by atoms with Crippen molar-refractivity contribution in [2.45, 2.75) is 38.8 Å². The third-order valence-electron chi connectivity index (χ3n) is 2.96. The van der Waals surface area contributed by atoms with Gasteiger partial charge in [-0.05, 0) is 13.8 Å². The van der Waals surface area contributed by atoms with Crippen molar-refractivity contribution in [3.05, 3.63) is 9.81 Å². The number of hydrogen-bond acceptors (Lipinski definition) is 7. The smallest absolute Gasteiger partial charge is 0.303 e. The summed E-state index contributed by atoms with van der Waals surface area (Å²) >= 11 is 3.23. The van der Waals surface area contributed by atoms with Gasteiger partial charge in [0.2, 0.25) is 0 Å². The van der Waals surface area contributed by atoms with Gasteiger partial charge >= 0.3 is 5.97 Å². The lowest BCUT2D eigenvalue weighted by Gasteiger charge is -2.29. The monoisotopic (exact) mass is 320 g/mol. The largest absolute Gasteiger partial charge is 0.454 e. The van der Waals surface area contributed by atoms with Crippen molar-refractivity contribution in [2.24, 2.45) is 0 Å². The lowest BCUT2D eigenvalue weighted by atomic mass is 10.2. The van der Waals surface area contributed by atoms with Crippen molar-refractivity contribution in [1.29, 1.82) is 0 Å². The van der Waals surface area contributed by atoms with Crippen molar-refractivity contribution in [2.75, 3.05) is 24.7 Å². The van der Waals surface area contributed by atoms with E-state index < -0.39 is 11.9 Å². The Labute approximate surface area is 127 Å². The number of thioether (sulfide) groups is 2. The molecule has 0 aromatic heterocycles. The molecule has 20 heavy (non-hydrogen) atoms. The first-order valence-corrected chi connectivity index (χ1v) is 8.48. The zero-order chi connectivity index (χ0) is 14.8. The minimum Gasteiger partial charge on any atom is -0.454 e. The summed E-state index contributed by atoms with van der Waals surface area (Å²) in [4.78, 5) is 13.1. The lowest BCUT2D eigenvalue weighted by molar-refractivity contribution is -0.164. The molecule has 2 rings (SSSR count). The molecular weight excluding hydrogens is 300 g/mol. The summed E-state index contributed by atoms with van der Waals surface area (Å²) < 4.78 is 16.8. The second-order valence-electron chi connectivity index (χ2n) is 5.04. The average molecular weight is 320 g/mol. The molecule has 0 spiro atoms. The van der Waals surface area contributed by atoms with Gasteiger partial charge in [-0.2, -0.15) is 0 Å². The van der Waals surface area contributed by atoms with Crippen molar-refractivity contribution in [3.8, 4) is 0 Å². The molecule has 1 N–H and O–H groups in total. The molecule has 0 aromatic carbocycles. The molecule has 0 aromatic rings. The molecule has 1 saturated heterocycles. The molecule has 0 saturated carbocycles. The number of aliphatic hydroxyl groups is 1. The fourth-order valence-electron chi connectivity index (χ4n) is 2.17. The van der Waals surface area contributed by atoms with Gasteiger partial charge in [0.1, 0.15) is 6.10 Å². The van der Waals surface area contributed by atoms with Crippen LogP contribution in [0.1, 0.15) is 20.8 Å². The van der Waals surface area contributed by atoms with Gasteiger partial charge in [0, 0.05) is 28.2 Å². The van der Waals surface area contributed by atoms with Gasteiger partial charge in [-0.15, -0.1) is 23.5 Å². The van der Waals surface area contributed by atoms with Crippen molar-refractivity contribution in [3.63, 3.8) is 0 Å². The van der Waals surface area contributed by atoms with Gasteiger partial charge in [-0.1, -0.05) is 0 Å². The van der Waals surface area contributed by atoms with E-state index in [0.29, 0.717) is 6.61 Å². The number of rotatable bonds is 4. The molecular formula is C13H20O5S2. The van der Waals surface area contributed by atoms with E-state index in [0.717, 1.165) is 21.3 Å². The zero-order valence-corrected chi connectivity index (χ0v) is 13.5. The number of carbonyl (C=O) groups excluding carboxylic acids is 1. The van der Waals surface area contributed by atoms with Crippen molar-refractivity contribution >= 4 is 29.5 Å². The fraction of sp³-hybridized carbons (Fsp3) is 0.769. The minimum atomic E-state index is -0.671. The van der Waals surface area contributed by atoms with E-state index in [1.165, 1.54) is 6.92 Å². The summed E-state index contributed by atoms with van der Waals surface area (Å²) in [6.45, 7) is 5.39. The first-order chi connectivity index (χ1) is 9.43. The molecule has 5 nitrogen and oxygen atoms in total. The highest BCUT2D eigenvalue weighted by molar-refractivity contribution is 8.10. The second kappa shape index (κ2) is 6.70. The molecule has 2 atom stereocenters. The highest BCUT2D eigenvalue weighted by atomic mass is 32.2. The third kappa shape index (κ3) is 3.92. The molecule has 7 heteroatoms. The molecule has 2 aliphatic rings. The van der Waals surface area contributed by atoms with Gasteiger partial charge in [0.05, 0.1) is 13.2 Å². The number of carbonyl (C=O) groups is 1. The molecule has 114 valence electrons. The molecule has 1 fully saturated rings. The lowest BCUT2D eigenvalue weighted by Crippen LogP contribution is -2.36. The fourth-order valence-corrected chi connectivity index (χ4v) is 4.60. The minimum absolute atomic E-state index is 0.0399. The van der Waals surface area contributed by atoms with E-state index in [9.17, 15) is 9.90 Å². The first kappa shape index (κ1) is 16.2. The molecule has 0 bridgehead atoms. The Morgan fingerprint density at radius 2 is 2.20 bits per heavy atom. The maximum absolute atomic E-state index is 11.4. The summed E-state index contributed by atoms with van der Waals surface area (Å²) in [5.41, 5.74) is 0. The van der Waals surface area contributed by atoms with E-state index >= 15 is 0 Å². The van der Waals surface area contributed by atoms with Crippen molar-refractivity contribution < 1.29 is 24.1 Å². The van der Waals surface area contributed by atoms with Crippen LogP contribution in [0.2, 0.25) is 0 Å². The van der Waals surface area contributed by atoms with Crippen LogP contribution in [0.25, 0.3) is 0 Å². The summed E-state index contributed by atoms with van der Waals surface area (Å²) in [6.07, 6.45) is -0.842. The number of aliphatic hydroxyl groups excluding tert-OH is 1. The van der Waals surface area contributed by atoms with E-state index in [4.69, 9.17) is 14.2 Å². The van der Waals surface area contributed by atoms with Crippen LogP contribution in [-0.4, -0.2) is 53.8 Å². The predicted octanol–water partition coefficient (Wildman–Crippen LogP) is 1.75. The van der Waals surface area contributed by atoms with Crippen LogP contribution in [0.4, 0.5) is 0 Å². The topological polar surface area (TPSA) is 65.0 Å². The Morgan fingerprint density at radius 1 is 1.50 bits per heavy atom. The average Bonchev–Trinajstić information content (AvgIpc) is 2.76. The summed E-state index contributed by atoms with van der Waals surface area (Å²) in [5.74, 6) is 0.849. The van der Waals surface area contributed by atoms with E-state index in [1.54, 1.807) is 23.5 Å². The van der Waals surface area contributed by atoms with Crippen LogP contribution in [-0.2, 0) is 19.0 Å². The SMILES string of the molecule is CC(=O)O[C@H](C1=C(CO)SCCS1)[C@@H]1COC(C)(C)O1. The van der Waals surface area contributed by atoms with E-state index in [-0.39, 0.29) is 18.7 Å². The van der Waals surface area contributed by atoms with Crippen LogP contribution < -0.4 is 0 Å². The molecule has 0 aliphatic carbocycles. The Kier molecular flexibility index (Phi) is 5.42. The predicted molar refractivity (Wildman–Crippen MR) is 79.5 cm³/mol. The van der Waals surface area contributed by atoms with Gasteiger partial charge < -0.3 is 19.3 Å². The molecule has 0 amide bonds. The number of ether oxygens (including phenoxy) is 3. The maximum atomic E-state index is 11.4. The summed E-state index contributed by atoms with van der Waals surface area (Å²) in [7, 11) is 0. The molecule has 2 aliphatic heterocycles. The molecule has 2 heterocycles. The molecule has 0 unspecified atom stereocenters. The molecule has 0 radical (unpaired) electrons. The quantitative estimate of drug-likeness (QED) is 0.792. The maximum Gasteiger partial charge on any atom is 0.303 e. The van der Waals surface area contributed by atoms with Crippen LogP contribution in [0.5, 0.6) is 0 Å². The zero-order valence-electron chi connectivity index (χ0n) is 11.9. The Hall–Kier alpha value is -0.210. The summed E-state index contributed by atoms with van der Waals surface area (Å²) in [5, 5.41) is 9.49. The van der Waals surface area contributed by atoms with Crippen LogP contribution in [0.15, 0.2) is 9.81 Å². The summed E-state index contributed by atoms with van der Waals surface area (Å²) in [6, 6.07) is 0. The van der Waals surface area contributed by atoms with Crippen LogP contribution in [0.3, 0.4) is 0 Å². The van der Waals surface area contributed by atoms with Crippen LogP contribution >= 0.6 is 23.5 Å². The second-order valence-corrected chi connectivity index (χ2v) is 7.37. The Balaban J connectivity index is 2.23. The normalized spacial score (nSPS) is 27.5. The van der Waals surface area contributed by atoms with Gasteiger partial charge in [0.15, 0.2) is 11.9 Å². The Morgan fingerprint density at radius 3 is 2.75 bits per heavy atom. The van der Waals surface area contributed by atoms with E-state index in [1.807, 2.05) is 13.8 Å². The highest BCUT2D eigenvalue weighted by Gasteiger charge is 2.41. The number of esters is 1. The van der Waals surface area contributed by atoms with Gasteiger partial charge in [-0.3, -0.25) is 4.79 Å². The van der Waals surface area contributed by atoms with Crippen molar-refractivity contribution in [1.82, 2.24) is 0 Å². The number of hydrogen-bond donors (Lipinski definition) is 1. The van der Waals surface area contributed by atoms with Crippen LogP contribution in [0, 0.1) is 0 Å². The van der Waals surface area contributed by atoms with E-state index in [2.05, 4.69) is 0 Å². The first-order valence-electron chi connectivity index (χ1n) is 6.51. The third-order valence-corrected chi connectivity index (χ3v) is 5.65. The Bertz CT molecular complexity index is 408. The van der Waals surface area contributed by atoms with Gasteiger partial charge in [0.25, 0.3) is 0 Å².